The fraction of sp³-hybridized carbons (Fsp3) is 0.522. The molecule has 1 aromatic heterocycles. The van der Waals surface area contributed by atoms with Crippen LogP contribution in [-0.4, -0.2) is 56.4 Å². The van der Waals surface area contributed by atoms with Gasteiger partial charge in [-0.05, 0) is 31.4 Å². The molecule has 2 aromatic rings. The molecule has 0 aliphatic carbocycles. The molecule has 1 N–H and O–H groups in total. The number of esters is 1. The summed E-state index contributed by atoms with van der Waals surface area (Å²) in [4.78, 5) is 18.6. The quantitative estimate of drug-likeness (QED) is 0.781. The molecule has 1 fully saturated rings. The number of rotatable bonds is 3. The molecular formula is C23H28N2O5. The Hall–Kier alpha value is -2.67. The average Bonchev–Trinajstić information content (AvgIpc) is 3.14. The van der Waals surface area contributed by atoms with Gasteiger partial charge >= 0.3 is 5.97 Å². The molecule has 7 nitrogen and oxygen atoms in total. The SMILES string of the molecule is COC(=O)C1=CO[C@@H](C)C2CN3CCc4c([nH]c5cc(OC)c(OC)cc45)[C@@H]3CC12. The first-order chi connectivity index (χ1) is 14.5. The average molecular weight is 412 g/mol. The number of aromatic amines is 1. The second-order valence-corrected chi connectivity index (χ2v) is 8.44. The summed E-state index contributed by atoms with van der Waals surface area (Å²) in [5.41, 5.74) is 4.31. The van der Waals surface area contributed by atoms with Crippen LogP contribution in [0.5, 0.6) is 11.5 Å². The van der Waals surface area contributed by atoms with Gasteiger partial charge in [0.1, 0.15) is 0 Å². The van der Waals surface area contributed by atoms with Crippen molar-refractivity contribution < 1.29 is 23.7 Å². The van der Waals surface area contributed by atoms with Crippen LogP contribution in [0.4, 0.5) is 0 Å². The summed E-state index contributed by atoms with van der Waals surface area (Å²) in [6, 6.07) is 4.32. The van der Waals surface area contributed by atoms with Gasteiger partial charge < -0.3 is 23.9 Å². The smallest absolute Gasteiger partial charge is 0.337 e. The molecular weight excluding hydrogens is 384 g/mol. The van der Waals surface area contributed by atoms with Crippen LogP contribution < -0.4 is 9.47 Å². The number of nitrogens with one attached hydrogen (secondary N) is 1. The molecule has 1 aromatic carbocycles. The molecule has 3 aliphatic rings. The van der Waals surface area contributed by atoms with E-state index in [-0.39, 0.29) is 30.0 Å². The van der Waals surface area contributed by atoms with E-state index in [0.717, 1.165) is 42.9 Å². The molecule has 3 aliphatic heterocycles. The number of H-pyrrole nitrogens is 1. The van der Waals surface area contributed by atoms with Gasteiger partial charge in [-0.15, -0.1) is 0 Å². The predicted octanol–water partition coefficient (Wildman–Crippen LogP) is 3.20. The van der Waals surface area contributed by atoms with Crippen molar-refractivity contribution >= 4 is 16.9 Å². The van der Waals surface area contributed by atoms with Gasteiger partial charge in [0.15, 0.2) is 11.5 Å². The van der Waals surface area contributed by atoms with E-state index in [4.69, 9.17) is 18.9 Å². The van der Waals surface area contributed by atoms with Gasteiger partial charge in [0.05, 0.1) is 45.3 Å². The Balaban J connectivity index is 1.56. The predicted molar refractivity (Wildman–Crippen MR) is 112 cm³/mol. The highest BCUT2D eigenvalue weighted by Gasteiger charge is 2.47. The highest BCUT2D eigenvalue weighted by molar-refractivity contribution is 5.89. The van der Waals surface area contributed by atoms with Crippen molar-refractivity contribution in [1.82, 2.24) is 9.88 Å². The molecule has 2 unspecified atom stereocenters. The van der Waals surface area contributed by atoms with E-state index in [2.05, 4.69) is 22.9 Å². The maximum absolute atomic E-state index is 12.4. The standard InChI is InChI=1S/C23H28N2O5/c1-12-16-10-25-6-5-13-15-8-20(27-2)21(28-3)9-18(15)24-22(13)19(25)7-14(16)17(11-30-12)23(26)29-4/h8-9,11-12,14,16,19,24H,5-7,10H2,1-4H3/t12-,14?,16?,19-/m0/s1. The van der Waals surface area contributed by atoms with Crippen molar-refractivity contribution in [2.75, 3.05) is 34.4 Å². The van der Waals surface area contributed by atoms with E-state index < -0.39 is 0 Å². The number of nitrogens with zero attached hydrogens (tertiary/aromatic N) is 1. The maximum Gasteiger partial charge on any atom is 0.337 e. The van der Waals surface area contributed by atoms with Gasteiger partial charge in [0.25, 0.3) is 0 Å². The summed E-state index contributed by atoms with van der Waals surface area (Å²) in [5, 5.41) is 1.19. The number of aromatic nitrogens is 1. The molecule has 7 heteroatoms. The van der Waals surface area contributed by atoms with Crippen molar-refractivity contribution in [3.8, 4) is 11.5 Å². The Morgan fingerprint density at radius 3 is 2.70 bits per heavy atom. The first-order valence-corrected chi connectivity index (χ1v) is 10.5. The monoisotopic (exact) mass is 412 g/mol. The summed E-state index contributed by atoms with van der Waals surface area (Å²) in [5.74, 6) is 1.59. The third-order valence-electron chi connectivity index (χ3n) is 7.14. The number of benzene rings is 1. The highest BCUT2D eigenvalue weighted by atomic mass is 16.5. The van der Waals surface area contributed by atoms with Crippen molar-refractivity contribution in [2.45, 2.75) is 31.9 Å². The number of piperidine rings is 1. The Morgan fingerprint density at radius 2 is 1.97 bits per heavy atom. The molecule has 0 radical (unpaired) electrons. The Labute approximate surface area is 175 Å². The van der Waals surface area contributed by atoms with Crippen molar-refractivity contribution in [2.24, 2.45) is 11.8 Å². The Morgan fingerprint density at radius 1 is 1.20 bits per heavy atom. The number of methoxy groups -OCH3 is 3. The van der Waals surface area contributed by atoms with Gasteiger partial charge in [-0.2, -0.15) is 0 Å². The summed E-state index contributed by atoms with van der Waals surface area (Å²) in [6.45, 7) is 4.00. The van der Waals surface area contributed by atoms with Crippen LogP contribution >= 0.6 is 0 Å². The second kappa shape index (κ2) is 7.23. The van der Waals surface area contributed by atoms with Crippen molar-refractivity contribution in [3.63, 3.8) is 0 Å². The minimum atomic E-state index is -0.285. The molecule has 0 spiro atoms. The lowest BCUT2D eigenvalue weighted by atomic mass is 9.72. The lowest BCUT2D eigenvalue weighted by Crippen LogP contribution is -2.51. The van der Waals surface area contributed by atoms with E-state index in [1.807, 2.05) is 6.07 Å². The van der Waals surface area contributed by atoms with Gasteiger partial charge in [-0.1, -0.05) is 0 Å². The van der Waals surface area contributed by atoms with Crippen molar-refractivity contribution in [1.29, 1.82) is 0 Å². The molecule has 4 atom stereocenters. The largest absolute Gasteiger partial charge is 0.497 e. The maximum atomic E-state index is 12.4. The van der Waals surface area contributed by atoms with Crippen LogP contribution in [0.25, 0.3) is 10.9 Å². The molecule has 1 saturated heterocycles. The molecule has 0 amide bonds. The zero-order valence-corrected chi connectivity index (χ0v) is 17.9. The van der Waals surface area contributed by atoms with E-state index in [1.54, 1.807) is 20.5 Å². The number of carbonyl (C=O) groups excluding carboxylic acids is 1. The first kappa shape index (κ1) is 19.3. The highest BCUT2D eigenvalue weighted by Crippen LogP contribution is 2.48. The minimum absolute atomic E-state index is 0.0852. The number of hydrogen-bond acceptors (Lipinski definition) is 6. The van der Waals surface area contributed by atoms with Gasteiger partial charge in [0.2, 0.25) is 0 Å². The van der Waals surface area contributed by atoms with Gasteiger partial charge in [-0.3, -0.25) is 4.90 Å². The normalized spacial score (nSPS) is 27.9. The summed E-state index contributed by atoms with van der Waals surface area (Å²) in [6.07, 6.45) is 3.56. The zero-order valence-electron chi connectivity index (χ0n) is 17.9. The molecule has 4 heterocycles. The van der Waals surface area contributed by atoms with E-state index in [0.29, 0.717) is 5.57 Å². The third kappa shape index (κ3) is 2.79. The molecule has 0 saturated carbocycles. The van der Waals surface area contributed by atoms with Gasteiger partial charge in [-0.25, -0.2) is 4.79 Å². The zero-order chi connectivity index (χ0) is 21.0. The van der Waals surface area contributed by atoms with E-state index in [9.17, 15) is 4.79 Å². The third-order valence-corrected chi connectivity index (χ3v) is 7.14. The Kier molecular flexibility index (Phi) is 4.65. The number of fused-ring (bicyclic) bond motifs is 6. The van der Waals surface area contributed by atoms with Gasteiger partial charge in [0, 0.05) is 47.6 Å². The Bertz CT molecular complexity index is 1030. The van der Waals surface area contributed by atoms with Crippen LogP contribution in [0.15, 0.2) is 24.0 Å². The van der Waals surface area contributed by atoms with Crippen LogP contribution in [0.1, 0.15) is 30.6 Å². The summed E-state index contributed by atoms with van der Waals surface area (Å²) >= 11 is 0. The van der Waals surface area contributed by atoms with Crippen LogP contribution in [0.3, 0.4) is 0 Å². The molecule has 5 rings (SSSR count). The summed E-state index contributed by atoms with van der Waals surface area (Å²) in [7, 11) is 4.75. The number of hydrogen-bond donors (Lipinski definition) is 1. The first-order valence-electron chi connectivity index (χ1n) is 10.5. The van der Waals surface area contributed by atoms with Crippen LogP contribution in [0, 0.1) is 11.8 Å². The molecule has 0 bridgehead atoms. The fourth-order valence-corrected chi connectivity index (χ4v) is 5.56. The minimum Gasteiger partial charge on any atom is -0.497 e. The van der Waals surface area contributed by atoms with E-state index >= 15 is 0 Å². The number of ether oxygens (including phenoxy) is 4. The lowest BCUT2D eigenvalue weighted by Gasteiger charge is -2.49. The van der Waals surface area contributed by atoms with Crippen LogP contribution in [0.2, 0.25) is 0 Å². The number of carbonyl (C=O) groups is 1. The molecule has 160 valence electrons. The molecule has 30 heavy (non-hydrogen) atoms. The lowest BCUT2D eigenvalue weighted by molar-refractivity contribution is -0.139. The summed E-state index contributed by atoms with van der Waals surface area (Å²) < 4.78 is 21.9. The van der Waals surface area contributed by atoms with Crippen molar-refractivity contribution in [3.05, 3.63) is 35.2 Å². The van der Waals surface area contributed by atoms with E-state index in [1.165, 1.54) is 23.8 Å². The fourth-order valence-electron chi connectivity index (χ4n) is 5.56. The van der Waals surface area contributed by atoms with Crippen LogP contribution in [-0.2, 0) is 20.7 Å². The topological polar surface area (TPSA) is 73.0 Å². The second-order valence-electron chi connectivity index (χ2n) is 8.44.